The minimum absolute atomic E-state index is 0. The van der Waals surface area contributed by atoms with Gasteiger partial charge in [-0.3, -0.25) is 9.88 Å². The van der Waals surface area contributed by atoms with Crippen molar-refractivity contribution in [1.82, 2.24) is 15.2 Å². The van der Waals surface area contributed by atoms with E-state index >= 15 is 0 Å². The van der Waals surface area contributed by atoms with Crippen molar-refractivity contribution >= 4 is 24.0 Å². The second kappa shape index (κ2) is 7.88. The van der Waals surface area contributed by atoms with Gasteiger partial charge in [-0.2, -0.15) is 0 Å². The fraction of sp³-hybridized carbons (Fsp3) is 0.312. The predicted molar refractivity (Wildman–Crippen MR) is 88.9 cm³/mol. The summed E-state index contributed by atoms with van der Waals surface area (Å²) in [5.74, 6) is -0.287. The van der Waals surface area contributed by atoms with Gasteiger partial charge in [0.15, 0.2) is 0 Å². The molecule has 1 saturated heterocycles. The van der Waals surface area contributed by atoms with E-state index in [4.69, 9.17) is 11.6 Å². The molecule has 1 N–H and O–H groups in total. The number of hydrogen-bond acceptors (Lipinski definition) is 3. The van der Waals surface area contributed by atoms with Crippen molar-refractivity contribution in [3.05, 3.63) is 64.7 Å². The van der Waals surface area contributed by atoms with E-state index in [1.165, 1.54) is 11.6 Å². The van der Waals surface area contributed by atoms with Crippen molar-refractivity contribution in [3.8, 4) is 0 Å². The van der Waals surface area contributed by atoms with Crippen molar-refractivity contribution in [2.75, 3.05) is 19.6 Å². The average molecular weight is 342 g/mol. The van der Waals surface area contributed by atoms with Gasteiger partial charge in [0, 0.05) is 49.6 Å². The van der Waals surface area contributed by atoms with Gasteiger partial charge in [0.2, 0.25) is 0 Å². The maximum atomic E-state index is 13.5. The summed E-state index contributed by atoms with van der Waals surface area (Å²) in [6.07, 6.45) is 3.67. The van der Waals surface area contributed by atoms with Gasteiger partial charge in [0.05, 0.1) is 0 Å². The van der Waals surface area contributed by atoms with Gasteiger partial charge in [0.1, 0.15) is 5.82 Å². The highest BCUT2D eigenvalue weighted by Crippen LogP contribution is 2.24. The van der Waals surface area contributed by atoms with Gasteiger partial charge in [-0.05, 0) is 35.4 Å². The third-order valence-corrected chi connectivity index (χ3v) is 3.95. The van der Waals surface area contributed by atoms with Gasteiger partial charge in [-0.25, -0.2) is 4.39 Å². The summed E-state index contributed by atoms with van der Waals surface area (Å²) >= 11 is 5.94. The van der Waals surface area contributed by atoms with Gasteiger partial charge in [-0.1, -0.05) is 17.7 Å². The van der Waals surface area contributed by atoms with E-state index in [-0.39, 0.29) is 24.3 Å². The van der Waals surface area contributed by atoms with Gasteiger partial charge in [-0.15, -0.1) is 12.4 Å². The first-order chi connectivity index (χ1) is 10.2. The van der Waals surface area contributed by atoms with E-state index in [1.807, 2.05) is 18.3 Å². The molecule has 22 heavy (non-hydrogen) atoms. The van der Waals surface area contributed by atoms with Crippen molar-refractivity contribution in [1.29, 1.82) is 0 Å². The highest BCUT2D eigenvalue weighted by Gasteiger charge is 2.24. The third-order valence-electron chi connectivity index (χ3n) is 3.73. The number of pyridine rings is 1. The second-order valence-electron chi connectivity index (χ2n) is 5.25. The Balaban J connectivity index is 0.00000176. The van der Waals surface area contributed by atoms with Crippen LogP contribution in [0.5, 0.6) is 0 Å². The number of nitrogens with zero attached hydrogens (tertiary/aromatic N) is 2. The Morgan fingerprint density at radius 2 is 2.23 bits per heavy atom. The molecule has 2 heterocycles. The van der Waals surface area contributed by atoms with Crippen LogP contribution in [-0.4, -0.2) is 29.5 Å². The van der Waals surface area contributed by atoms with Gasteiger partial charge < -0.3 is 5.32 Å². The van der Waals surface area contributed by atoms with Crippen LogP contribution in [0, 0.1) is 5.82 Å². The number of rotatable bonds is 3. The van der Waals surface area contributed by atoms with E-state index in [1.54, 1.807) is 12.3 Å². The number of halogens is 3. The number of piperazine rings is 1. The van der Waals surface area contributed by atoms with Crippen LogP contribution in [0.4, 0.5) is 4.39 Å². The molecule has 0 bridgehead atoms. The second-order valence-corrected chi connectivity index (χ2v) is 5.69. The Labute approximate surface area is 140 Å². The molecule has 1 atom stereocenters. The molecule has 1 aliphatic rings. The Morgan fingerprint density at radius 3 is 2.95 bits per heavy atom. The molecular formula is C16H18Cl2FN3. The molecule has 1 unspecified atom stereocenters. The molecule has 0 amide bonds. The van der Waals surface area contributed by atoms with Crippen LogP contribution in [0.3, 0.4) is 0 Å². The molecular weight excluding hydrogens is 324 g/mol. The number of benzene rings is 1. The molecule has 0 saturated carbocycles. The highest BCUT2D eigenvalue weighted by molar-refractivity contribution is 6.30. The van der Waals surface area contributed by atoms with Crippen molar-refractivity contribution in [3.63, 3.8) is 0 Å². The Bertz CT molecular complexity index is 589. The summed E-state index contributed by atoms with van der Waals surface area (Å²) in [5.41, 5.74) is 2.07. The average Bonchev–Trinajstić information content (AvgIpc) is 2.48. The minimum atomic E-state index is -0.287. The van der Waals surface area contributed by atoms with Crippen LogP contribution in [0.25, 0.3) is 0 Å². The monoisotopic (exact) mass is 341 g/mol. The first kappa shape index (κ1) is 17.2. The molecule has 6 heteroatoms. The highest BCUT2D eigenvalue weighted by atomic mass is 35.5. The first-order valence-electron chi connectivity index (χ1n) is 7.02. The van der Waals surface area contributed by atoms with Crippen molar-refractivity contribution in [2.24, 2.45) is 0 Å². The number of nitrogens with one attached hydrogen (secondary N) is 1. The molecule has 1 aromatic heterocycles. The minimum Gasteiger partial charge on any atom is -0.314 e. The zero-order chi connectivity index (χ0) is 14.7. The van der Waals surface area contributed by atoms with Crippen LogP contribution in [0.1, 0.15) is 17.2 Å². The van der Waals surface area contributed by atoms with Crippen LogP contribution in [0.2, 0.25) is 5.02 Å². The fourth-order valence-electron chi connectivity index (χ4n) is 2.77. The summed E-state index contributed by atoms with van der Waals surface area (Å²) in [5, 5.41) is 3.84. The summed E-state index contributed by atoms with van der Waals surface area (Å²) < 4.78 is 13.5. The molecule has 0 radical (unpaired) electrons. The summed E-state index contributed by atoms with van der Waals surface area (Å²) in [6, 6.07) is 8.98. The van der Waals surface area contributed by atoms with Crippen LogP contribution >= 0.6 is 24.0 Å². The van der Waals surface area contributed by atoms with Crippen LogP contribution in [-0.2, 0) is 6.54 Å². The molecule has 118 valence electrons. The fourth-order valence-corrected chi connectivity index (χ4v) is 3.02. The Hall–Kier alpha value is -1.20. The Morgan fingerprint density at radius 1 is 1.36 bits per heavy atom. The SMILES string of the molecule is Cl.Fc1cc(Cl)cc(CN2CCNCC2c2cccnc2)c1. The normalized spacial score (nSPS) is 18.7. The maximum Gasteiger partial charge on any atom is 0.125 e. The van der Waals surface area contributed by atoms with E-state index in [0.717, 1.165) is 25.2 Å². The third kappa shape index (κ3) is 4.17. The smallest absolute Gasteiger partial charge is 0.125 e. The number of aromatic nitrogens is 1. The largest absolute Gasteiger partial charge is 0.314 e. The molecule has 0 spiro atoms. The van der Waals surface area contributed by atoms with E-state index in [0.29, 0.717) is 11.6 Å². The lowest BCUT2D eigenvalue weighted by Gasteiger charge is -2.36. The lowest BCUT2D eigenvalue weighted by atomic mass is 10.0. The molecule has 0 aliphatic carbocycles. The zero-order valence-corrected chi connectivity index (χ0v) is 13.6. The van der Waals surface area contributed by atoms with E-state index < -0.39 is 0 Å². The Kier molecular flexibility index (Phi) is 6.15. The van der Waals surface area contributed by atoms with Gasteiger partial charge >= 0.3 is 0 Å². The molecule has 1 aromatic carbocycles. The topological polar surface area (TPSA) is 28.2 Å². The quantitative estimate of drug-likeness (QED) is 0.926. The lowest BCUT2D eigenvalue weighted by molar-refractivity contribution is 0.153. The lowest BCUT2D eigenvalue weighted by Crippen LogP contribution is -2.45. The molecule has 3 nitrogen and oxygen atoms in total. The van der Waals surface area contributed by atoms with Crippen LogP contribution < -0.4 is 5.32 Å². The summed E-state index contributed by atoms with van der Waals surface area (Å²) in [7, 11) is 0. The van der Waals surface area contributed by atoms with E-state index in [2.05, 4.69) is 21.3 Å². The molecule has 1 aliphatic heterocycles. The number of hydrogen-bond donors (Lipinski definition) is 1. The molecule has 3 rings (SSSR count). The molecule has 1 fully saturated rings. The van der Waals surface area contributed by atoms with Crippen molar-refractivity contribution in [2.45, 2.75) is 12.6 Å². The van der Waals surface area contributed by atoms with E-state index in [9.17, 15) is 4.39 Å². The van der Waals surface area contributed by atoms with Gasteiger partial charge in [0.25, 0.3) is 0 Å². The zero-order valence-electron chi connectivity index (χ0n) is 12.0. The van der Waals surface area contributed by atoms with Crippen LogP contribution in [0.15, 0.2) is 42.7 Å². The summed E-state index contributed by atoms with van der Waals surface area (Å²) in [4.78, 5) is 6.53. The maximum absolute atomic E-state index is 13.5. The van der Waals surface area contributed by atoms with Crippen molar-refractivity contribution < 1.29 is 4.39 Å². The molecule has 2 aromatic rings. The first-order valence-corrected chi connectivity index (χ1v) is 7.40. The standard InChI is InChI=1S/C16H17ClFN3.ClH/c17-14-6-12(7-15(18)8-14)11-21-5-4-20-10-16(21)13-2-1-3-19-9-13;/h1-3,6-9,16,20H,4-5,10-11H2;1H. The predicted octanol–water partition coefficient (Wildman–Crippen LogP) is 3.44. The summed E-state index contributed by atoms with van der Waals surface area (Å²) in [6.45, 7) is 3.39.